The molecule has 1 aliphatic rings. The molecular formula is C19H25N5O4. The Morgan fingerprint density at radius 1 is 1.29 bits per heavy atom. The van der Waals surface area contributed by atoms with Gasteiger partial charge in [0, 0.05) is 32.7 Å². The van der Waals surface area contributed by atoms with E-state index in [0.717, 1.165) is 25.4 Å². The maximum atomic E-state index is 12.8. The first-order chi connectivity index (χ1) is 13.4. The van der Waals surface area contributed by atoms with Crippen LogP contribution in [0.15, 0.2) is 30.3 Å². The van der Waals surface area contributed by atoms with E-state index in [2.05, 4.69) is 16.1 Å². The highest BCUT2D eigenvalue weighted by Gasteiger charge is 2.30. The van der Waals surface area contributed by atoms with E-state index in [0.29, 0.717) is 18.8 Å². The van der Waals surface area contributed by atoms with Crippen molar-refractivity contribution in [3.05, 3.63) is 51.7 Å². The van der Waals surface area contributed by atoms with E-state index >= 15 is 0 Å². The number of amides is 1. The van der Waals surface area contributed by atoms with Gasteiger partial charge in [0.2, 0.25) is 5.91 Å². The predicted octanol–water partition coefficient (Wildman–Crippen LogP) is 2.01. The molecule has 0 N–H and O–H groups in total. The molecule has 1 fully saturated rings. The first-order valence-electron chi connectivity index (χ1n) is 9.23. The van der Waals surface area contributed by atoms with Gasteiger partial charge in [0.05, 0.1) is 24.0 Å². The molecule has 0 bridgehead atoms. The number of piperazine rings is 1. The Morgan fingerprint density at radius 3 is 2.61 bits per heavy atom. The third kappa shape index (κ3) is 4.30. The molecule has 1 unspecified atom stereocenters. The lowest BCUT2D eigenvalue weighted by Gasteiger charge is -2.35. The van der Waals surface area contributed by atoms with E-state index in [4.69, 9.17) is 4.74 Å². The molecule has 150 valence electrons. The largest absolute Gasteiger partial charge is 0.497 e. The number of methoxy groups -OCH3 is 1. The Kier molecular flexibility index (Phi) is 5.93. The third-order valence-corrected chi connectivity index (χ3v) is 5.05. The summed E-state index contributed by atoms with van der Waals surface area (Å²) in [6.07, 6.45) is 0. The van der Waals surface area contributed by atoms with E-state index in [9.17, 15) is 14.9 Å². The first-order valence-corrected chi connectivity index (χ1v) is 9.23. The summed E-state index contributed by atoms with van der Waals surface area (Å²) in [6, 6.07) is 8.79. The summed E-state index contributed by atoms with van der Waals surface area (Å²) in [6.45, 7) is 7.04. The van der Waals surface area contributed by atoms with Crippen LogP contribution in [0.3, 0.4) is 0 Å². The fraction of sp³-hybridized carbons (Fsp3) is 0.474. The number of hydrogen-bond acceptors (Lipinski definition) is 6. The van der Waals surface area contributed by atoms with E-state index in [-0.39, 0.29) is 11.7 Å². The van der Waals surface area contributed by atoms with Gasteiger partial charge in [0.25, 0.3) is 0 Å². The van der Waals surface area contributed by atoms with Gasteiger partial charge in [-0.15, -0.1) is 0 Å². The second kappa shape index (κ2) is 8.39. The molecule has 9 nitrogen and oxygen atoms in total. The number of rotatable bonds is 6. The average molecular weight is 387 g/mol. The van der Waals surface area contributed by atoms with Crippen molar-refractivity contribution in [3.8, 4) is 5.75 Å². The van der Waals surface area contributed by atoms with Crippen molar-refractivity contribution in [2.45, 2.75) is 26.4 Å². The lowest BCUT2D eigenvalue weighted by molar-refractivity contribution is -0.389. The van der Waals surface area contributed by atoms with E-state index < -0.39 is 11.0 Å². The number of hydrogen-bond donors (Lipinski definition) is 0. The average Bonchev–Trinajstić information content (AvgIpc) is 3.09. The van der Waals surface area contributed by atoms with Crippen molar-refractivity contribution in [2.75, 3.05) is 33.3 Å². The summed E-state index contributed by atoms with van der Waals surface area (Å²) >= 11 is 0. The van der Waals surface area contributed by atoms with E-state index in [1.807, 2.05) is 18.2 Å². The van der Waals surface area contributed by atoms with Crippen LogP contribution >= 0.6 is 0 Å². The standard InChI is InChI=1S/C19H25N5O4/c1-14-11-18(24(26)27)20-23(14)15(2)19(25)22-9-7-21(8-10-22)13-16-5-4-6-17(12-16)28-3/h4-6,11-12,15H,7-10,13H2,1-3H3. The fourth-order valence-electron chi connectivity index (χ4n) is 3.48. The van der Waals surface area contributed by atoms with Crippen LogP contribution in [0.25, 0.3) is 0 Å². The van der Waals surface area contributed by atoms with Gasteiger partial charge in [0.15, 0.2) is 0 Å². The summed E-state index contributed by atoms with van der Waals surface area (Å²) in [5.41, 5.74) is 1.77. The van der Waals surface area contributed by atoms with Gasteiger partial charge in [-0.3, -0.25) is 9.69 Å². The Morgan fingerprint density at radius 2 is 2.00 bits per heavy atom. The number of nitrogens with zero attached hydrogens (tertiary/aromatic N) is 5. The normalized spacial score (nSPS) is 16.0. The van der Waals surface area contributed by atoms with Crippen LogP contribution in [-0.2, 0) is 11.3 Å². The van der Waals surface area contributed by atoms with Crippen molar-refractivity contribution in [1.82, 2.24) is 19.6 Å². The minimum atomic E-state index is -0.571. The van der Waals surface area contributed by atoms with Gasteiger partial charge in [-0.2, -0.15) is 4.68 Å². The molecule has 0 spiro atoms. The molecule has 28 heavy (non-hydrogen) atoms. The SMILES string of the molecule is COc1cccc(CN2CCN(C(=O)C(C)n3nc([N+](=O)[O-])cc3C)CC2)c1. The van der Waals surface area contributed by atoms with Gasteiger partial charge in [-0.1, -0.05) is 12.1 Å². The molecule has 0 saturated carbocycles. The Labute approximate surface area is 163 Å². The van der Waals surface area contributed by atoms with Crippen molar-refractivity contribution in [3.63, 3.8) is 0 Å². The van der Waals surface area contributed by atoms with Crippen molar-refractivity contribution in [2.24, 2.45) is 0 Å². The van der Waals surface area contributed by atoms with Crippen LogP contribution in [0.2, 0.25) is 0 Å². The zero-order valence-electron chi connectivity index (χ0n) is 16.4. The van der Waals surface area contributed by atoms with Crippen LogP contribution in [0.5, 0.6) is 5.75 Å². The summed E-state index contributed by atoms with van der Waals surface area (Å²) in [5.74, 6) is 0.534. The zero-order chi connectivity index (χ0) is 20.3. The highest BCUT2D eigenvalue weighted by Crippen LogP contribution is 2.20. The van der Waals surface area contributed by atoms with Crippen LogP contribution in [0, 0.1) is 17.0 Å². The van der Waals surface area contributed by atoms with Gasteiger partial charge >= 0.3 is 5.82 Å². The molecule has 0 aliphatic carbocycles. The number of ether oxygens (including phenoxy) is 1. The molecule has 3 rings (SSSR count). The molecule has 1 aliphatic heterocycles. The second-order valence-corrected chi connectivity index (χ2v) is 6.97. The number of benzene rings is 1. The van der Waals surface area contributed by atoms with Gasteiger partial charge < -0.3 is 19.8 Å². The maximum absolute atomic E-state index is 12.8. The van der Waals surface area contributed by atoms with Crippen LogP contribution in [0.1, 0.15) is 24.2 Å². The molecule has 1 atom stereocenters. The summed E-state index contributed by atoms with van der Waals surface area (Å²) in [7, 11) is 1.65. The number of nitro groups is 1. The molecule has 0 radical (unpaired) electrons. The number of carbonyl (C=O) groups excluding carboxylic acids is 1. The number of aromatic nitrogens is 2. The molecule has 1 aromatic carbocycles. The molecular weight excluding hydrogens is 362 g/mol. The molecule has 2 heterocycles. The Balaban J connectivity index is 1.58. The van der Waals surface area contributed by atoms with Crippen molar-refractivity contribution < 1.29 is 14.5 Å². The molecule has 1 saturated heterocycles. The Hall–Kier alpha value is -2.94. The summed E-state index contributed by atoms with van der Waals surface area (Å²) in [5, 5.41) is 14.9. The Bertz CT molecular complexity index is 858. The first kappa shape index (κ1) is 19.8. The maximum Gasteiger partial charge on any atom is 0.390 e. The highest BCUT2D eigenvalue weighted by atomic mass is 16.6. The van der Waals surface area contributed by atoms with Crippen molar-refractivity contribution in [1.29, 1.82) is 0 Å². The number of carbonyl (C=O) groups is 1. The predicted molar refractivity (Wildman–Crippen MR) is 103 cm³/mol. The second-order valence-electron chi connectivity index (χ2n) is 6.97. The quantitative estimate of drug-likeness (QED) is 0.556. The van der Waals surface area contributed by atoms with Gasteiger partial charge in [-0.25, -0.2) is 0 Å². The van der Waals surface area contributed by atoms with Crippen LogP contribution in [-0.4, -0.2) is 63.7 Å². The molecule has 1 amide bonds. The third-order valence-electron chi connectivity index (χ3n) is 5.05. The van der Waals surface area contributed by atoms with Crippen LogP contribution in [0.4, 0.5) is 5.82 Å². The molecule has 2 aromatic rings. The lowest BCUT2D eigenvalue weighted by Crippen LogP contribution is -2.50. The van der Waals surface area contributed by atoms with Gasteiger partial charge in [-0.05, 0) is 36.5 Å². The van der Waals surface area contributed by atoms with E-state index in [1.165, 1.54) is 16.3 Å². The highest BCUT2D eigenvalue weighted by molar-refractivity contribution is 5.80. The van der Waals surface area contributed by atoms with Crippen LogP contribution < -0.4 is 4.74 Å². The van der Waals surface area contributed by atoms with Gasteiger partial charge in [0.1, 0.15) is 11.8 Å². The molecule has 1 aromatic heterocycles. The minimum Gasteiger partial charge on any atom is -0.497 e. The fourth-order valence-corrected chi connectivity index (χ4v) is 3.48. The number of aryl methyl sites for hydroxylation is 1. The zero-order valence-corrected chi connectivity index (χ0v) is 16.4. The monoisotopic (exact) mass is 387 g/mol. The van der Waals surface area contributed by atoms with Crippen molar-refractivity contribution >= 4 is 11.7 Å². The molecule has 9 heteroatoms. The lowest BCUT2D eigenvalue weighted by atomic mass is 10.1. The summed E-state index contributed by atoms with van der Waals surface area (Å²) < 4.78 is 6.70. The minimum absolute atomic E-state index is 0.0675. The summed E-state index contributed by atoms with van der Waals surface area (Å²) in [4.78, 5) is 27.3. The topological polar surface area (TPSA) is 93.7 Å². The van der Waals surface area contributed by atoms with E-state index in [1.54, 1.807) is 25.9 Å². The smallest absolute Gasteiger partial charge is 0.390 e.